The Hall–Kier alpha value is -3.84. The molecule has 140 valence electrons. The number of aromatic amines is 2. The van der Waals surface area contributed by atoms with Crippen molar-refractivity contribution in [2.45, 2.75) is 20.8 Å². The highest BCUT2D eigenvalue weighted by Crippen LogP contribution is 2.00. The number of hydrogen-bond donors (Lipinski definition) is 5. The number of nitrogens with one attached hydrogen (secondary N) is 4. The number of ether oxygens (including phenoxy) is 1. The van der Waals surface area contributed by atoms with Crippen LogP contribution < -0.4 is 10.6 Å². The molecule has 2 aromatic heterocycles. The maximum atomic E-state index is 11.1. The van der Waals surface area contributed by atoms with E-state index in [9.17, 15) is 19.2 Å². The van der Waals surface area contributed by atoms with Crippen molar-refractivity contribution in [3.63, 3.8) is 0 Å². The van der Waals surface area contributed by atoms with Crippen LogP contribution in [0.1, 0.15) is 42.0 Å². The van der Waals surface area contributed by atoms with Crippen molar-refractivity contribution in [2.75, 3.05) is 17.2 Å². The highest BCUT2D eigenvalue weighted by Gasteiger charge is 2.12. The molecule has 14 heteroatoms. The summed E-state index contributed by atoms with van der Waals surface area (Å²) in [6.45, 7) is 4.54. The molecule has 26 heavy (non-hydrogen) atoms. The minimum atomic E-state index is -1.22. The molecule has 0 aliphatic heterocycles. The lowest BCUT2D eigenvalue weighted by atomic mass is 10.6. The number of carbonyl (C=O) groups excluding carboxylic acids is 3. The molecule has 0 radical (unpaired) electrons. The Bertz CT molecular complexity index is 797. The molecule has 0 spiro atoms. The summed E-state index contributed by atoms with van der Waals surface area (Å²) in [7, 11) is 0. The summed E-state index contributed by atoms with van der Waals surface area (Å²) in [4.78, 5) is 49.5. The van der Waals surface area contributed by atoms with E-state index in [1.807, 2.05) is 0 Å². The molecular formula is C12H16N8O6. The number of aromatic nitrogens is 6. The lowest BCUT2D eigenvalue weighted by Gasteiger charge is -1.95. The van der Waals surface area contributed by atoms with Crippen molar-refractivity contribution in [3.8, 4) is 0 Å². The summed E-state index contributed by atoms with van der Waals surface area (Å²) >= 11 is 0. The standard InChI is InChI=1S/C7H10N4O3.C5H6N4O3/c1-3-14-6(13)5-9-7(11-10-5)8-4(2)12;1-2(10)6-5-7-3(4(11)12)8-9-5/h3H2,1-2H3,(H2,8,9,10,11,12);1H3,(H,11,12)(H2,6,7,8,9,10). The number of rotatable bonds is 5. The van der Waals surface area contributed by atoms with Crippen LogP contribution in [0.2, 0.25) is 0 Å². The second kappa shape index (κ2) is 9.45. The van der Waals surface area contributed by atoms with Gasteiger partial charge in [-0.1, -0.05) is 0 Å². The van der Waals surface area contributed by atoms with Gasteiger partial charge in [0.05, 0.1) is 6.61 Å². The zero-order valence-electron chi connectivity index (χ0n) is 14.0. The van der Waals surface area contributed by atoms with Crippen molar-refractivity contribution < 1.29 is 29.0 Å². The zero-order valence-corrected chi connectivity index (χ0v) is 14.0. The Kier molecular flexibility index (Phi) is 7.35. The van der Waals surface area contributed by atoms with Crippen molar-refractivity contribution in [1.82, 2.24) is 30.4 Å². The van der Waals surface area contributed by atoms with Gasteiger partial charge in [0.2, 0.25) is 35.4 Å². The molecule has 14 nitrogen and oxygen atoms in total. The largest absolute Gasteiger partial charge is 0.475 e. The van der Waals surface area contributed by atoms with Crippen LogP contribution in [0.3, 0.4) is 0 Å². The van der Waals surface area contributed by atoms with Crippen LogP contribution in [0.4, 0.5) is 11.9 Å². The molecule has 0 saturated carbocycles. The molecule has 2 amide bonds. The highest BCUT2D eigenvalue weighted by molar-refractivity contribution is 5.89. The van der Waals surface area contributed by atoms with Crippen LogP contribution in [0, 0.1) is 0 Å². The summed E-state index contributed by atoms with van der Waals surface area (Å²) in [5, 5.41) is 24.4. The number of amides is 2. The summed E-state index contributed by atoms with van der Waals surface area (Å²) < 4.78 is 4.66. The van der Waals surface area contributed by atoms with Gasteiger partial charge in [-0.2, -0.15) is 9.97 Å². The number of aromatic carboxylic acids is 1. The Balaban J connectivity index is 0.000000263. The predicted octanol–water partition coefficient (Wildman–Crippen LogP) is -0.599. The molecule has 2 heterocycles. The summed E-state index contributed by atoms with van der Waals surface area (Å²) in [6.07, 6.45) is 0. The fourth-order valence-electron chi connectivity index (χ4n) is 1.34. The SMILES string of the molecule is CC(=O)Nc1n[nH]c(C(=O)O)n1.CCOC(=O)c1nc(NC(C)=O)n[nH]1. The van der Waals surface area contributed by atoms with Gasteiger partial charge in [-0.15, -0.1) is 10.2 Å². The van der Waals surface area contributed by atoms with Crippen LogP contribution >= 0.6 is 0 Å². The molecule has 0 aliphatic carbocycles. The maximum Gasteiger partial charge on any atom is 0.375 e. The number of carboxylic acid groups (broad SMARTS) is 1. The van der Waals surface area contributed by atoms with Gasteiger partial charge < -0.3 is 9.84 Å². The third-order valence-corrected chi connectivity index (χ3v) is 2.22. The Morgan fingerprint density at radius 1 is 0.962 bits per heavy atom. The fourth-order valence-corrected chi connectivity index (χ4v) is 1.34. The molecule has 0 aromatic carbocycles. The lowest BCUT2D eigenvalue weighted by Crippen LogP contribution is -2.08. The average Bonchev–Trinajstić information content (AvgIpc) is 3.16. The third-order valence-electron chi connectivity index (χ3n) is 2.22. The summed E-state index contributed by atoms with van der Waals surface area (Å²) in [6, 6.07) is 0. The minimum Gasteiger partial charge on any atom is -0.475 e. The molecule has 0 bridgehead atoms. The van der Waals surface area contributed by atoms with Gasteiger partial charge >= 0.3 is 11.9 Å². The minimum absolute atomic E-state index is 0.0319. The van der Waals surface area contributed by atoms with E-state index in [4.69, 9.17) is 5.11 Å². The van der Waals surface area contributed by atoms with Gasteiger partial charge in [-0.25, -0.2) is 9.59 Å². The van der Waals surface area contributed by atoms with E-state index >= 15 is 0 Å². The number of carbonyl (C=O) groups is 4. The first-order valence-corrected chi connectivity index (χ1v) is 7.03. The van der Waals surface area contributed by atoms with Gasteiger partial charge in [0.25, 0.3) is 0 Å². The van der Waals surface area contributed by atoms with E-state index < -0.39 is 11.9 Å². The van der Waals surface area contributed by atoms with Crippen molar-refractivity contribution >= 4 is 35.6 Å². The quantitative estimate of drug-likeness (QED) is 0.423. The number of carboxylic acids is 1. The molecule has 0 fully saturated rings. The van der Waals surface area contributed by atoms with E-state index in [1.165, 1.54) is 13.8 Å². The Labute approximate surface area is 145 Å². The smallest absolute Gasteiger partial charge is 0.375 e. The number of H-pyrrole nitrogens is 2. The molecule has 0 aliphatic rings. The topological polar surface area (TPSA) is 205 Å². The first-order valence-electron chi connectivity index (χ1n) is 7.03. The first-order chi connectivity index (χ1) is 12.2. The Morgan fingerprint density at radius 2 is 1.42 bits per heavy atom. The van der Waals surface area contributed by atoms with Crippen molar-refractivity contribution in [1.29, 1.82) is 0 Å². The lowest BCUT2D eigenvalue weighted by molar-refractivity contribution is -0.115. The molecular weight excluding hydrogens is 352 g/mol. The van der Waals surface area contributed by atoms with Gasteiger partial charge in [-0.05, 0) is 6.92 Å². The molecule has 2 rings (SSSR count). The van der Waals surface area contributed by atoms with Crippen LogP contribution in [-0.4, -0.2) is 65.8 Å². The van der Waals surface area contributed by atoms with Gasteiger partial charge in [0, 0.05) is 13.8 Å². The molecule has 0 unspecified atom stereocenters. The molecule has 0 atom stereocenters. The van der Waals surface area contributed by atoms with E-state index in [0.29, 0.717) is 0 Å². The average molecular weight is 368 g/mol. The second-order valence-electron chi connectivity index (χ2n) is 4.40. The zero-order chi connectivity index (χ0) is 19.7. The van der Waals surface area contributed by atoms with E-state index in [2.05, 4.69) is 45.7 Å². The monoisotopic (exact) mass is 368 g/mol. The number of esters is 1. The summed E-state index contributed by atoms with van der Waals surface area (Å²) in [5.74, 6) is -2.81. The molecule has 5 N–H and O–H groups in total. The van der Waals surface area contributed by atoms with Crippen molar-refractivity contribution in [2.24, 2.45) is 0 Å². The van der Waals surface area contributed by atoms with Crippen LogP contribution in [-0.2, 0) is 14.3 Å². The van der Waals surface area contributed by atoms with Crippen LogP contribution in [0.5, 0.6) is 0 Å². The summed E-state index contributed by atoms with van der Waals surface area (Å²) in [5.41, 5.74) is 0. The number of hydrogen-bond acceptors (Lipinski definition) is 9. The molecule has 2 aromatic rings. The van der Waals surface area contributed by atoms with E-state index in [0.717, 1.165) is 0 Å². The van der Waals surface area contributed by atoms with E-state index in [1.54, 1.807) is 6.92 Å². The van der Waals surface area contributed by atoms with Gasteiger partial charge in [0.1, 0.15) is 0 Å². The normalized spacial score (nSPS) is 9.50. The first kappa shape index (κ1) is 20.2. The van der Waals surface area contributed by atoms with Gasteiger partial charge in [-0.3, -0.25) is 30.4 Å². The molecule has 0 saturated heterocycles. The second-order valence-corrected chi connectivity index (χ2v) is 4.40. The van der Waals surface area contributed by atoms with E-state index in [-0.39, 0.29) is 42.0 Å². The fraction of sp³-hybridized carbons (Fsp3) is 0.333. The predicted molar refractivity (Wildman–Crippen MR) is 84.3 cm³/mol. The maximum absolute atomic E-state index is 11.1. The van der Waals surface area contributed by atoms with Crippen LogP contribution in [0.25, 0.3) is 0 Å². The number of nitrogens with zero attached hydrogens (tertiary/aromatic N) is 4. The highest BCUT2D eigenvalue weighted by atomic mass is 16.5. The third kappa shape index (κ3) is 6.73. The van der Waals surface area contributed by atoms with Gasteiger partial charge in [0.15, 0.2) is 0 Å². The van der Waals surface area contributed by atoms with Crippen molar-refractivity contribution in [3.05, 3.63) is 11.6 Å². The number of anilines is 2. The Morgan fingerprint density at radius 3 is 1.81 bits per heavy atom. The van der Waals surface area contributed by atoms with Crippen LogP contribution in [0.15, 0.2) is 0 Å².